The van der Waals surface area contributed by atoms with Crippen molar-refractivity contribution in [1.29, 1.82) is 0 Å². The molecule has 3 aromatic heterocycles. The lowest BCUT2D eigenvalue weighted by Gasteiger charge is -2.35. The maximum absolute atomic E-state index is 13.7. The number of aliphatic hydroxyl groups excluding tert-OH is 1. The highest BCUT2D eigenvalue weighted by Crippen LogP contribution is 2.38. The van der Waals surface area contributed by atoms with E-state index in [4.69, 9.17) is 9.47 Å². The van der Waals surface area contributed by atoms with E-state index in [1.165, 1.54) is 23.7 Å². The minimum Gasteiger partial charge on any atom is -0.494 e. The lowest BCUT2D eigenvalue weighted by Crippen LogP contribution is -2.50. The first-order chi connectivity index (χ1) is 18.8. The molecule has 0 aliphatic carbocycles. The Labute approximate surface area is 223 Å². The van der Waals surface area contributed by atoms with E-state index in [2.05, 4.69) is 29.9 Å². The molecule has 5 rings (SSSR count). The average molecular weight is 557 g/mol. The molecular weight excluding hydrogens is 531 g/mol. The molecule has 1 aliphatic heterocycles. The minimum absolute atomic E-state index is 0.0421. The Balaban J connectivity index is 1.55. The van der Waals surface area contributed by atoms with Gasteiger partial charge < -0.3 is 19.5 Å². The number of sulfonamides is 1. The number of ether oxygens (including phenoxy) is 2. The van der Waals surface area contributed by atoms with Crippen LogP contribution in [0.1, 0.15) is 6.42 Å². The van der Waals surface area contributed by atoms with E-state index >= 15 is 0 Å². The van der Waals surface area contributed by atoms with Gasteiger partial charge in [0, 0.05) is 31.0 Å². The van der Waals surface area contributed by atoms with Crippen molar-refractivity contribution in [3.63, 3.8) is 0 Å². The van der Waals surface area contributed by atoms with Crippen molar-refractivity contribution >= 4 is 21.9 Å². The molecule has 204 valence electrons. The van der Waals surface area contributed by atoms with E-state index in [0.29, 0.717) is 22.7 Å². The first-order valence-corrected chi connectivity index (χ1v) is 13.3. The summed E-state index contributed by atoms with van der Waals surface area (Å²) in [5.41, 5.74) is 0.935. The molecule has 4 heterocycles. The minimum atomic E-state index is -4.16. The lowest BCUT2D eigenvalue weighted by molar-refractivity contribution is 0.154. The van der Waals surface area contributed by atoms with Gasteiger partial charge in [0.25, 0.3) is 0 Å². The van der Waals surface area contributed by atoms with Crippen LogP contribution in [-0.4, -0.2) is 81.9 Å². The highest BCUT2D eigenvalue weighted by molar-refractivity contribution is 7.93. The number of para-hydroxylation sites is 1. The summed E-state index contributed by atoms with van der Waals surface area (Å²) in [6.45, 7) is 0.0526. The highest BCUT2D eigenvalue weighted by atomic mass is 32.2. The molecule has 0 bridgehead atoms. The SMILES string of the molecule is COc1cccc(OC)c1-n1c(NS(=O)(=O)[C@H]2C[C@@H](O)CN(c3ncc(F)cn3)C2)nnc1-c1cccnc1. The lowest BCUT2D eigenvalue weighted by atomic mass is 10.1. The van der Waals surface area contributed by atoms with Crippen LogP contribution in [0.2, 0.25) is 0 Å². The number of halogens is 1. The Morgan fingerprint density at radius 1 is 1.03 bits per heavy atom. The van der Waals surface area contributed by atoms with Crippen LogP contribution in [0.5, 0.6) is 11.5 Å². The normalized spacial score (nSPS) is 17.6. The van der Waals surface area contributed by atoms with Crippen LogP contribution < -0.4 is 19.1 Å². The van der Waals surface area contributed by atoms with Gasteiger partial charge >= 0.3 is 0 Å². The maximum atomic E-state index is 13.7. The number of pyridine rings is 1. The number of aliphatic hydroxyl groups is 1. The van der Waals surface area contributed by atoms with E-state index in [-0.39, 0.29) is 37.2 Å². The molecule has 1 aromatic carbocycles. The van der Waals surface area contributed by atoms with Gasteiger partial charge in [0.15, 0.2) is 11.6 Å². The smallest absolute Gasteiger partial charge is 0.243 e. The summed E-state index contributed by atoms with van der Waals surface area (Å²) in [4.78, 5) is 13.5. The first-order valence-electron chi connectivity index (χ1n) is 11.8. The van der Waals surface area contributed by atoms with E-state index in [9.17, 15) is 17.9 Å². The number of benzene rings is 1. The van der Waals surface area contributed by atoms with Gasteiger partial charge in [-0.15, -0.1) is 10.2 Å². The van der Waals surface area contributed by atoms with Crippen molar-refractivity contribution in [2.45, 2.75) is 17.8 Å². The Bertz CT molecular complexity index is 1530. The number of aromatic nitrogens is 6. The van der Waals surface area contributed by atoms with Gasteiger partial charge in [-0.2, -0.15) is 0 Å². The van der Waals surface area contributed by atoms with Crippen molar-refractivity contribution in [1.82, 2.24) is 29.7 Å². The summed E-state index contributed by atoms with van der Waals surface area (Å²) in [6.07, 6.45) is 4.09. The van der Waals surface area contributed by atoms with Gasteiger partial charge in [0.2, 0.25) is 21.9 Å². The molecule has 1 saturated heterocycles. The molecule has 0 spiro atoms. The monoisotopic (exact) mass is 556 g/mol. The number of β-amino-alcohol motifs (C(OH)–C–C–N with tert-alkyl or cyclic N) is 1. The van der Waals surface area contributed by atoms with E-state index in [0.717, 1.165) is 12.4 Å². The fraction of sp³-hybridized carbons (Fsp3) is 0.292. The molecule has 0 unspecified atom stereocenters. The predicted molar refractivity (Wildman–Crippen MR) is 139 cm³/mol. The van der Waals surface area contributed by atoms with Crippen molar-refractivity contribution in [2.24, 2.45) is 0 Å². The summed E-state index contributed by atoms with van der Waals surface area (Å²) >= 11 is 0. The van der Waals surface area contributed by atoms with E-state index < -0.39 is 27.2 Å². The quantitative estimate of drug-likeness (QED) is 0.325. The second kappa shape index (κ2) is 10.8. The van der Waals surface area contributed by atoms with Gasteiger partial charge in [-0.05, 0) is 30.7 Å². The van der Waals surface area contributed by atoms with Gasteiger partial charge in [0.05, 0.1) is 32.7 Å². The molecule has 39 heavy (non-hydrogen) atoms. The summed E-state index contributed by atoms with van der Waals surface area (Å²) in [5.74, 6) is 0.406. The Morgan fingerprint density at radius 2 is 1.74 bits per heavy atom. The Morgan fingerprint density at radius 3 is 2.38 bits per heavy atom. The Hall–Kier alpha value is -4.37. The molecule has 0 radical (unpaired) electrons. The molecular formula is C24H25FN8O5S. The van der Waals surface area contributed by atoms with Crippen LogP contribution in [0.25, 0.3) is 17.1 Å². The zero-order valence-corrected chi connectivity index (χ0v) is 21.8. The molecule has 1 aliphatic rings. The standard InChI is InChI=1S/C24H25FN8O5S/c1-37-19-6-3-7-20(38-2)21(19)33-22(15-5-4-8-26-10-15)29-30-24(33)31-39(35,36)18-9-17(34)13-32(14-18)23-27-11-16(25)12-28-23/h3-8,10-12,17-18,34H,9,13-14H2,1-2H3,(H,30,31)/t17-,18+/m1/s1. The number of hydrogen-bond acceptors (Lipinski definition) is 11. The third kappa shape index (κ3) is 5.31. The number of methoxy groups -OCH3 is 2. The fourth-order valence-corrected chi connectivity index (χ4v) is 5.80. The first kappa shape index (κ1) is 26.2. The van der Waals surface area contributed by atoms with Gasteiger partial charge in [-0.1, -0.05) is 6.07 Å². The largest absolute Gasteiger partial charge is 0.494 e. The van der Waals surface area contributed by atoms with Gasteiger partial charge in [0.1, 0.15) is 22.4 Å². The van der Waals surface area contributed by atoms with Crippen molar-refractivity contribution < 1.29 is 27.4 Å². The molecule has 13 nitrogen and oxygen atoms in total. The van der Waals surface area contributed by atoms with E-state index in [1.54, 1.807) is 42.7 Å². The topological polar surface area (TPSA) is 157 Å². The highest BCUT2D eigenvalue weighted by Gasteiger charge is 2.37. The third-order valence-corrected chi connectivity index (χ3v) is 7.85. The average Bonchev–Trinajstić information content (AvgIpc) is 3.35. The second-order valence-electron chi connectivity index (χ2n) is 8.70. The molecule has 15 heteroatoms. The fourth-order valence-electron chi connectivity index (χ4n) is 4.39. The van der Waals surface area contributed by atoms with Gasteiger partial charge in [-0.25, -0.2) is 22.8 Å². The van der Waals surface area contributed by atoms with Crippen LogP contribution in [0.3, 0.4) is 0 Å². The second-order valence-corrected chi connectivity index (χ2v) is 10.7. The van der Waals surface area contributed by atoms with Crippen LogP contribution >= 0.6 is 0 Å². The number of hydrogen-bond donors (Lipinski definition) is 2. The van der Waals surface area contributed by atoms with Crippen molar-refractivity contribution in [3.05, 3.63) is 60.9 Å². The van der Waals surface area contributed by atoms with Crippen molar-refractivity contribution in [3.8, 4) is 28.6 Å². The molecule has 1 fully saturated rings. The molecule has 4 aromatic rings. The van der Waals surface area contributed by atoms with Crippen molar-refractivity contribution in [2.75, 3.05) is 36.9 Å². The number of anilines is 2. The van der Waals surface area contributed by atoms with Crippen LogP contribution in [-0.2, 0) is 10.0 Å². The summed E-state index contributed by atoms with van der Waals surface area (Å²) in [6, 6.07) is 8.59. The summed E-state index contributed by atoms with van der Waals surface area (Å²) in [5, 5.41) is 17.8. The molecule has 2 N–H and O–H groups in total. The predicted octanol–water partition coefficient (Wildman–Crippen LogP) is 1.66. The maximum Gasteiger partial charge on any atom is 0.243 e. The number of nitrogens with one attached hydrogen (secondary N) is 1. The zero-order valence-electron chi connectivity index (χ0n) is 21.0. The summed E-state index contributed by atoms with van der Waals surface area (Å²) < 4.78 is 55.8. The molecule has 0 saturated carbocycles. The van der Waals surface area contributed by atoms with E-state index in [1.807, 2.05) is 0 Å². The summed E-state index contributed by atoms with van der Waals surface area (Å²) in [7, 11) is -1.20. The third-order valence-electron chi connectivity index (χ3n) is 6.16. The van der Waals surface area contributed by atoms with Crippen LogP contribution in [0.4, 0.5) is 16.3 Å². The van der Waals surface area contributed by atoms with Crippen LogP contribution in [0, 0.1) is 5.82 Å². The van der Waals surface area contributed by atoms with Crippen LogP contribution in [0.15, 0.2) is 55.1 Å². The Kier molecular flexibility index (Phi) is 7.26. The number of rotatable bonds is 8. The number of piperidine rings is 1. The zero-order chi connectivity index (χ0) is 27.6. The number of nitrogens with zero attached hydrogens (tertiary/aromatic N) is 7. The molecule has 0 amide bonds. The molecule has 2 atom stereocenters. The van der Waals surface area contributed by atoms with Gasteiger partial charge in [-0.3, -0.25) is 14.3 Å².